The SMILES string of the molecule is CN=C(S/C=C/c1c[nH]c(C(=O)N2CCCC2)c1)c1cccc([N+](=O)[O-])c1. The molecule has 1 fully saturated rings. The van der Waals surface area contributed by atoms with E-state index in [0.717, 1.165) is 31.5 Å². The van der Waals surface area contributed by atoms with Crippen LogP contribution in [-0.2, 0) is 0 Å². The second kappa shape index (κ2) is 8.68. The van der Waals surface area contributed by atoms with E-state index in [1.54, 1.807) is 25.4 Å². The average molecular weight is 384 g/mol. The summed E-state index contributed by atoms with van der Waals surface area (Å²) in [6, 6.07) is 8.22. The lowest BCUT2D eigenvalue weighted by molar-refractivity contribution is -0.384. The highest BCUT2D eigenvalue weighted by atomic mass is 32.2. The molecular formula is C19H20N4O3S. The van der Waals surface area contributed by atoms with Gasteiger partial charge in [-0.05, 0) is 36.0 Å². The fourth-order valence-electron chi connectivity index (χ4n) is 2.90. The van der Waals surface area contributed by atoms with Crippen LogP contribution in [0.1, 0.15) is 34.5 Å². The van der Waals surface area contributed by atoms with Gasteiger partial charge in [0.25, 0.3) is 11.6 Å². The summed E-state index contributed by atoms with van der Waals surface area (Å²) in [4.78, 5) is 32.0. The molecule has 0 aliphatic carbocycles. The smallest absolute Gasteiger partial charge is 0.270 e. The summed E-state index contributed by atoms with van der Waals surface area (Å²) >= 11 is 1.37. The standard InChI is InChI=1S/C19H20N4O3S/c1-20-18(15-5-4-6-16(12-15)23(25)26)27-10-7-14-11-17(21-13-14)19(24)22-8-2-3-9-22/h4-7,10-13,21H,2-3,8-9H2,1H3/b10-7+,20-18?. The zero-order chi connectivity index (χ0) is 19.2. The molecule has 0 bridgehead atoms. The van der Waals surface area contributed by atoms with Crippen LogP contribution in [0, 0.1) is 10.1 Å². The Morgan fingerprint density at radius 1 is 1.33 bits per heavy atom. The van der Waals surface area contributed by atoms with Gasteiger partial charge in [-0.3, -0.25) is 19.9 Å². The Morgan fingerprint density at radius 2 is 2.11 bits per heavy atom. The molecule has 0 unspecified atom stereocenters. The van der Waals surface area contributed by atoms with E-state index in [1.165, 1.54) is 23.9 Å². The van der Waals surface area contributed by atoms with Crippen LogP contribution in [0.5, 0.6) is 0 Å². The maximum absolute atomic E-state index is 12.4. The predicted octanol–water partition coefficient (Wildman–Crippen LogP) is 3.94. The third-order valence-electron chi connectivity index (χ3n) is 4.28. The Kier molecular flexibility index (Phi) is 6.08. The summed E-state index contributed by atoms with van der Waals surface area (Å²) in [6.45, 7) is 1.64. The number of thioether (sulfide) groups is 1. The number of rotatable bonds is 5. The third-order valence-corrected chi connectivity index (χ3v) is 5.19. The molecule has 1 saturated heterocycles. The van der Waals surface area contributed by atoms with E-state index in [1.807, 2.05) is 22.5 Å². The minimum atomic E-state index is -0.421. The van der Waals surface area contributed by atoms with Crippen molar-refractivity contribution in [1.29, 1.82) is 0 Å². The molecule has 1 aromatic carbocycles. The van der Waals surface area contributed by atoms with Crippen LogP contribution in [0.4, 0.5) is 5.69 Å². The topological polar surface area (TPSA) is 91.6 Å². The minimum Gasteiger partial charge on any atom is -0.357 e. The van der Waals surface area contributed by atoms with E-state index in [-0.39, 0.29) is 11.6 Å². The zero-order valence-corrected chi connectivity index (χ0v) is 15.7. The summed E-state index contributed by atoms with van der Waals surface area (Å²) in [6.07, 6.45) is 5.79. The number of carbonyl (C=O) groups excluding carboxylic acids is 1. The first-order valence-corrected chi connectivity index (χ1v) is 9.49. The molecule has 1 aliphatic heterocycles. The van der Waals surface area contributed by atoms with Crippen molar-refractivity contribution in [2.24, 2.45) is 4.99 Å². The number of nitro groups is 1. The van der Waals surface area contributed by atoms with Crippen molar-refractivity contribution in [3.05, 3.63) is 68.9 Å². The van der Waals surface area contributed by atoms with Gasteiger partial charge in [0.15, 0.2) is 0 Å². The van der Waals surface area contributed by atoms with Gasteiger partial charge in [-0.15, -0.1) is 0 Å². The summed E-state index contributed by atoms with van der Waals surface area (Å²) in [5, 5.41) is 13.5. The van der Waals surface area contributed by atoms with Gasteiger partial charge >= 0.3 is 0 Å². The summed E-state index contributed by atoms with van der Waals surface area (Å²) in [5.41, 5.74) is 2.21. The van der Waals surface area contributed by atoms with Crippen molar-refractivity contribution in [2.75, 3.05) is 20.1 Å². The number of hydrogen-bond acceptors (Lipinski definition) is 5. The molecule has 0 saturated carbocycles. The lowest BCUT2D eigenvalue weighted by Crippen LogP contribution is -2.27. The number of likely N-dealkylation sites (tertiary alicyclic amines) is 1. The van der Waals surface area contributed by atoms with E-state index in [4.69, 9.17) is 0 Å². The number of nitro benzene ring substituents is 1. The largest absolute Gasteiger partial charge is 0.357 e. The molecule has 0 atom stereocenters. The van der Waals surface area contributed by atoms with E-state index < -0.39 is 4.92 Å². The highest BCUT2D eigenvalue weighted by Crippen LogP contribution is 2.21. The summed E-state index contributed by atoms with van der Waals surface area (Å²) in [7, 11) is 1.65. The number of H-pyrrole nitrogens is 1. The number of aromatic nitrogens is 1. The number of nitrogens with zero attached hydrogens (tertiary/aromatic N) is 3. The third kappa shape index (κ3) is 4.65. The molecule has 27 heavy (non-hydrogen) atoms. The number of benzene rings is 1. The molecule has 8 heteroatoms. The van der Waals surface area contributed by atoms with Crippen LogP contribution >= 0.6 is 11.8 Å². The number of non-ortho nitro benzene ring substituents is 1. The van der Waals surface area contributed by atoms with E-state index in [2.05, 4.69) is 9.98 Å². The van der Waals surface area contributed by atoms with Crippen molar-refractivity contribution in [3.63, 3.8) is 0 Å². The number of amides is 1. The molecular weight excluding hydrogens is 364 g/mol. The van der Waals surface area contributed by atoms with Crippen LogP contribution in [-0.4, -0.2) is 45.9 Å². The Balaban J connectivity index is 1.65. The number of carbonyl (C=O) groups is 1. The Morgan fingerprint density at radius 3 is 2.81 bits per heavy atom. The molecule has 1 N–H and O–H groups in total. The highest BCUT2D eigenvalue weighted by molar-refractivity contribution is 8.17. The van der Waals surface area contributed by atoms with Gasteiger partial charge in [0.1, 0.15) is 10.7 Å². The maximum atomic E-state index is 12.4. The Labute approximate surface area is 161 Å². The quantitative estimate of drug-likeness (QED) is 0.366. The predicted molar refractivity (Wildman–Crippen MR) is 108 cm³/mol. The van der Waals surface area contributed by atoms with Gasteiger partial charge in [-0.1, -0.05) is 23.9 Å². The normalized spacial score (nSPS) is 14.9. The molecule has 2 heterocycles. The van der Waals surface area contributed by atoms with Crippen LogP contribution < -0.4 is 0 Å². The van der Waals surface area contributed by atoms with Gasteiger partial charge in [-0.25, -0.2) is 0 Å². The second-order valence-corrected chi connectivity index (χ2v) is 7.00. The monoisotopic (exact) mass is 384 g/mol. The van der Waals surface area contributed by atoms with E-state index >= 15 is 0 Å². The molecule has 1 aliphatic rings. The molecule has 2 aromatic rings. The van der Waals surface area contributed by atoms with Crippen molar-refractivity contribution in [3.8, 4) is 0 Å². The zero-order valence-electron chi connectivity index (χ0n) is 14.9. The molecule has 3 rings (SSSR count). The van der Waals surface area contributed by atoms with Crippen molar-refractivity contribution in [2.45, 2.75) is 12.8 Å². The number of aliphatic imine (C=N–C) groups is 1. The maximum Gasteiger partial charge on any atom is 0.270 e. The van der Waals surface area contributed by atoms with Gasteiger partial charge < -0.3 is 9.88 Å². The minimum absolute atomic E-state index is 0.0345. The van der Waals surface area contributed by atoms with Crippen LogP contribution in [0.2, 0.25) is 0 Å². The van der Waals surface area contributed by atoms with Gasteiger partial charge in [0.05, 0.1) is 4.92 Å². The van der Waals surface area contributed by atoms with Gasteiger partial charge in [0, 0.05) is 44.0 Å². The molecule has 1 amide bonds. The first kappa shape index (κ1) is 18.9. The summed E-state index contributed by atoms with van der Waals surface area (Å²) in [5.74, 6) is 0.0345. The summed E-state index contributed by atoms with van der Waals surface area (Å²) < 4.78 is 0. The van der Waals surface area contributed by atoms with E-state index in [0.29, 0.717) is 16.3 Å². The van der Waals surface area contributed by atoms with Crippen LogP contribution in [0.3, 0.4) is 0 Å². The lowest BCUT2D eigenvalue weighted by atomic mass is 10.2. The van der Waals surface area contributed by atoms with E-state index in [9.17, 15) is 14.9 Å². The van der Waals surface area contributed by atoms with Crippen molar-refractivity contribution in [1.82, 2.24) is 9.88 Å². The van der Waals surface area contributed by atoms with Crippen LogP contribution in [0.25, 0.3) is 6.08 Å². The average Bonchev–Trinajstić information content (AvgIpc) is 3.37. The first-order chi connectivity index (χ1) is 13.1. The highest BCUT2D eigenvalue weighted by Gasteiger charge is 2.20. The lowest BCUT2D eigenvalue weighted by Gasteiger charge is -2.13. The van der Waals surface area contributed by atoms with Crippen molar-refractivity contribution < 1.29 is 9.72 Å². The van der Waals surface area contributed by atoms with Crippen LogP contribution in [0.15, 0.2) is 46.9 Å². The molecule has 7 nitrogen and oxygen atoms in total. The van der Waals surface area contributed by atoms with Gasteiger partial charge in [-0.2, -0.15) is 0 Å². The van der Waals surface area contributed by atoms with Crippen molar-refractivity contribution >= 4 is 34.5 Å². The Hall–Kier alpha value is -2.87. The fraction of sp³-hybridized carbons (Fsp3) is 0.263. The number of hydrogen-bond donors (Lipinski definition) is 1. The number of aromatic amines is 1. The molecule has 0 radical (unpaired) electrons. The fourth-order valence-corrected chi connectivity index (χ4v) is 3.62. The number of nitrogens with one attached hydrogen (secondary N) is 1. The molecule has 0 spiro atoms. The van der Waals surface area contributed by atoms with Gasteiger partial charge in [0.2, 0.25) is 0 Å². The molecule has 140 valence electrons. The first-order valence-electron chi connectivity index (χ1n) is 8.61. The molecule has 1 aromatic heterocycles. The Bertz CT molecular complexity index is 898. The second-order valence-electron chi connectivity index (χ2n) is 6.10.